The highest BCUT2D eigenvalue weighted by Gasteiger charge is 2.07. The van der Waals surface area contributed by atoms with E-state index in [1.165, 1.54) is 24.3 Å². The molecular weight excluding hydrogens is 263 g/mol. The predicted molar refractivity (Wildman–Crippen MR) is 60.5 cm³/mol. The first-order valence-electron chi connectivity index (χ1n) is 4.76. The fourth-order valence-corrected chi connectivity index (χ4v) is 1.32. The third-order valence-electron chi connectivity index (χ3n) is 1.97. The van der Waals surface area contributed by atoms with Gasteiger partial charge in [-0.05, 0) is 18.2 Å². The van der Waals surface area contributed by atoms with Gasteiger partial charge in [-0.3, -0.25) is 0 Å². The molecule has 18 heavy (non-hydrogen) atoms. The second-order valence-corrected chi connectivity index (χ2v) is 3.65. The van der Waals surface area contributed by atoms with Crippen LogP contribution in [0.1, 0.15) is 10.5 Å². The minimum absolute atomic E-state index is 0.0809. The van der Waals surface area contributed by atoms with Gasteiger partial charge in [-0.1, -0.05) is 11.6 Å². The lowest BCUT2D eigenvalue weighted by Crippen LogP contribution is -2.02. The topological polar surface area (TPSA) is 72.3 Å². The molecule has 0 bridgehead atoms. The highest BCUT2D eigenvalue weighted by molar-refractivity contribution is 6.30. The fourth-order valence-electron chi connectivity index (χ4n) is 1.15. The van der Waals surface area contributed by atoms with E-state index < -0.39 is 11.8 Å². The molecule has 1 heterocycles. The standard InChI is InChI=1S/C11H6ClFN2O3/c12-7-5-6(1-2-8(7)13)18-10-4-3-9(11(16)17)14-15-10/h1-5H,(H,16,17). The lowest BCUT2D eigenvalue weighted by molar-refractivity contribution is 0.0689. The minimum Gasteiger partial charge on any atom is -0.476 e. The molecule has 1 N–H and O–H groups in total. The van der Waals surface area contributed by atoms with Crippen molar-refractivity contribution in [1.82, 2.24) is 10.2 Å². The third-order valence-corrected chi connectivity index (χ3v) is 2.26. The van der Waals surface area contributed by atoms with Crippen molar-refractivity contribution in [3.05, 3.63) is 46.9 Å². The van der Waals surface area contributed by atoms with Crippen LogP contribution in [0.4, 0.5) is 4.39 Å². The van der Waals surface area contributed by atoms with E-state index >= 15 is 0 Å². The Morgan fingerprint density at radius 2 is 2.06 bits per heavy atom. The van der Waals surface area contributed by atoms with Crippen LogP contribution in [-0.4, -0.2) is 21.3 Å². The summed E-state index contributed by atoms with van der Waals surface area (Å²) >= 11 is 5.58. The van der Waals surface area contributed by atoms with Gasteiger partial charge in [0.15, 0.2) is 5.69 Å². The lowest BCUT2D eigenvalue weighted by Gasteiger charge is -2.04. The second-order valence-electron chi connectivity index (χ2n) is 3.24. The van der Waals surface area contributed by atoms with Gasteiger partial charge < -0.3 is 9.84 Å². The molecule has 92 valence electrons. The minimum atomic E-state index is -1.18. The first-order chi connectivity index (χ1) is 8.56. The Kier molecular flexibility index (Phi) is 3.38. The van der Waals surface area contributed by atoms with Crippen molar-refractivity contribution in [2.24, 2.45) is 0 Å². The van der Waals surface area contributed by atoms with Crippen LogP contribution in [0.2, 0.25) is 5.02 Å². The summed E-state index contributed by atoms with van der Waals surface area (Å²) in [4.78, 5) is 10.6. The van der Waals surface area contributed by atoms with Crippen LogP contribution in [0.15, 0.2) is 30.3 Å². The van der Waals surface area contributed by atoms with Crippen molar-refractivity contribution >= 4 is 17.6 Å². The van der Waals surface area contributed by atoms with E-state index in [1.54, 1.807) is 0 Å². The van der Waals surface area contributed by atoms with Gasteiger partial charge in [0.05, 0.1) is 5.02 Å². The van der Waals surface area contributed by atoms with Gasteiger partial charge >= 0.3 is 5.97 Å². The summed E-state index contributed by atoms with van der Waals surface area (Å²) in [5.74, 6) is -1.38. The third kappa shape index (κ3) is 2.72. The molecule has 0 fully saturated rings. The van der Waals surface area contributed by atoms with E-state index in [4.69, 9.17) is 21.4 Å². The number of ether oxygens (including phenoxy) is 1. The van der Waals surface area contributed by atoms with E-state index in [9.17, 15) is 9.18 Å². The zero-order chi connectivity index (χ0) is 13.1. The van der Waals surface area contributed by atoms with Gasteiger partial charge in [-0.25, -0.2) is 9.18 Å². The first kappa shape index (κ1) is 12.3. The average Bonchev–Trinajstić information content (AvgIpc) is 2.34. The fraction of sp³-hybridized carbons (Fsp3) is 0. The highest BCUT2D eigenvalue weighted by atomic mass is 35.5. The molecule has 1 aromatic heterocycles. The zero-order valence-electron chi connectivity index (χ0n) is 8.80. The molecule has 0 spiro atoms. The van der Waals surface area contributed by atoms with Gasteiger partial charge in [0, 0.05) is 12.1 Å². The largest absolute Gasteiger partial charge is 0.476 e. The molecular formula is C11H6ClFN2O3. The molecule has 0 radical (unpaired) electrons. The maximum atomic E-state index is 12.9. The number of aromatic nitrogens is 2. The van der Waals surface area contributed by atoms with Crippen molar-refractivity contribution in [1.29, 1.82) is 0 Å². The SMILES string of the molecule is O=C(O)c1ccc(Oc2ccc(F)c(Cl)c2)nn1. The van der Waals surface area contributed by atoms with Gasteiger partial charge in [0.1, 0.15) is 11.6 Å². The number of rotatable bonds is 3. The Hall–Kier alpha value is -2.21. The molecule has 0 saturated heterocycles. The Balaban J connectivity index is 2.18. The molecule has 2 rings (SSSR count). The Morgan fingerprint density at radius 3 is 2.61 bits per heavy atom. The zero-order valence-corrected chi connectivity index (χ0v) is 9.56. The number of halogens is 2. The summed E-state index contributed by atoms with van der Waals surface area (Å²) in [6, 6.07) is 6.39. The summed E-state index contributed by atoms with van der Waals surface area (Å²) in [7, 11) is 0. The maximum absolute atomic E-state index is 12.9. The summed E-state index contributed by atoms with van der Waals surface area (Å²) in [6.45, 7) is 0. The van der Waals surface area contributed by atoms with Crippen LogP contribution in [0.25, 0.3) is 0 Å². The molecule has 5 nitrogen and oxygen atoms in total. The smallest absolute Gasteiger partial charge is 0.356 e. The molecule has 7 heteroatoms. The van der Waals surface area contributed by atoms with Crippen molar-refractivity contribution in [2.75, 3.05) is 0 Å². The molecule has 0 saturated carbocycles. The number of hydrogen-bond donors (Lipinski definition) is 1. The highest BCUT2D eigenvalue weighted by Crippen LogP contribution is 2.24. The van der Waals surface area contributed by atoms with Gasteiger partial charge in [0.25, 0.3) is 0 Å². The quantitative estimate of drug-likeness (QED) is 0.927. The number of nitrogens with zero attached hydrogens (tertiary/aromatic N) is 2. The summed E-state index contributed by atoms with van der Waals surface area (Å²) < 4.78 is 18.1. The van der Waals surface area contributed by atoms with Crippen LogP contribution < -0.4 is 4.74 Å². The first-order valence-corrected chi connectivity index (χ1v) is 5.14. The molecule has 1 aromatic carbocycles. The molecule has 0 aliphatic heterocycles. The van der Waals surface area contributed by atoms with Crippen LogP contribution in [0.3, 0.4) is 0 Å². The van der Waals surface area contributed by atoms with Gasteiger partial charge in [0.2, 0.25) is 5.88 Å². The number of carbonyl (C=O) groups is 1. The van der Waals surface area contributed by atoms with E-state index in [0.29, 0.717) is 0 Å². The predicted octanol–water partition coefficient (Wildman–Crippen LogP) is 2.76. The summed E-state index contributed by atoms with van der Waals surface area (Å²) in [6.07, 6.45) is 0. The van der Waals surface area contributed by atoms with E-state index in [0.717, 1.165) is 6.07 Å². The molecule has 0 unspecified atom stereocenters. The molecule has 2 aromatic rings. The molecule has 0 aliphatic rings. The van der Waals surface area contributed by atoms with Gasteiger partial charge in [-0.2, -0.15) is 0 Å². The Bertz CT molecular complexity index is 589. The van der Waals surface area contributed by atoms with E-state index in [1.807, 2.05) is 0 Å². The van der Waals surface area contributed by atoms with Crippen molar-refractivity contribution in [3.8, 4) is 11.6 Å². The number of aromatic carboxylic acids is 1. The van der Waals surface area contributed by atoms with Crippen molar-refractivity contribution in [3.63, 3.8) is 0 Å². The molecule has 0 atom stereocenters. The van der Waals surface area contributed by atoms with Crippen LogP contribution in [0, 0.1) is 5.82 Å². The summed E-state index contributed by atoms with van der Waals surface area (Å²) in [5.41, 5.74) is -0.195. The average molecular weight is 269 g/mol. The van der Waals surface area contributed by atoms with E-state index in [-0.39, 0.29) is 22.3 Å². The maximum Gasteiger partial charge on any atom is 0.356 e. The van der Waals surface area contributed by atoms with Crippen molar-refractivity contribution in [2.45, 2.75) is 0 Å². The van der Waals surface area contributed by atoms with Crippen LogP contribution in [-0.2, 0) is 0 Å². The normalized spacial score (nSPS) is 10.1. The number of benzene rings is 1. The molecule has 0 aliphatic carbocycles. The number of carboxylic acid groups (broad SMARTS) is 1. The monoisotopic (exact) mass is 268 g/mol. The Morgan fingerprint density at radius 1 is 1.28 bits per heavy atom. The summed E-state index contributed by atoms with van der Waals surface area (Å²) in [5, 5.41) is 15.5. The second kappa shape index (κ2) is 4.97. The number of hydrogen-bond acceptors (Lipinski definition) is 4. The lowest BCUT2D eigenvalue weighted by atomic mass is 10.3. The molecule has 0 amide bonds. The van der Waals surface area contributed by atoms with Crippen LogP contribution in [0.5, 0.6) is 11.6 Å². The van der Waals surface area contributed by atoms with E-state index in [2.05, 4.69) is 10.2 Å². The van der Waals surface area contributed by atoms with Gasteiger partial charge in [-0.15, -0.1) is 10.2 Å². The van der Waals surface area contributed by atoms with Crippen molar-refractivity contribution < 1.29 is 19.0 Å². The Labute approximate surface area is 106 Å². The van der Waals surface area contributed by atoms with Crippen LogP contribution >= 0.6 is 11.6 Å². The number of carboxylic acids is 1.